The van der Waals surface area contributed by atoms with Gasteiger partial charge in [0.25, 0.3) is 11.8 Å². The number of nitrogens with zero attached hydrogens (tertiary/aromatic N) is 3. The van der Waals surface area contributed by atoms with Crippen LogP contribution in [-0.4, -0.2) is 53.9 Å². The molecule has 0 N–H and O–H groups in total. The molecule has 5 rings (SSSR count). The van der Waals surface area contributed by atoms with Crippen LogP contribution in [0.2, 0.25) is 0 Å². The van der Waals surface area contributed by atoms with Crippen molar-refractivity contribution in [1.82, 2.24) is 9.80 Å². The molecular formula is C23H23N3O4S. The molecular weight excluding hydrogens is 414 g/mol. The third-order valence-electron chi connectivity index (χ3n) is 6.63. The monoisotopic (exact) mass is 437 g/mol. The van der Waals surface area contributed by atoms with Gasteiger partial charge in [-0.2, -0.15) is 0 Å². The Hall–Kier alpha value is -3.00. The van der Waals surface area contributed by atoms with Gasteiger partial charge < -0.3 is 9.32 Å². The molecule has 3 aliphatic heterocycles. The molecule has 0 aliphatic carbocycles. The van der Waals surface area contributed by atoms with E-state index >= 15 is 0 Å². The summed E-state index contributed by atoms with van der Waals surface area (Å²) in [6, 6.07) is 2.11. The van der Waals surface area contributed by atoms with Crippen LogP contribution < -0.4 is 10.5 Å². The van der Waals surface area contributed by atoms with Gasteiger partial charge in [-0.15, -0.1) is 0 Å². The number of aryl methyl sites for hydroxylation is 3. The van der Waals surface area contributed by atoms with Crippen LogP contribution in [0, 0.1) is 6.92 Å². The van der Waals surface area contributed by atoms with E-state index in [1.807, 2.05) is 6.92 Å². The van der Waals surface area contributed by atoms with Crippen molar-refractivity contribution in [2.75, 3.05) is 32.1 Å². The molecule has 2 amide bonds. The Kier molecular flexibility index (Phi) is 4.51. The molecule has 0 atom stereocenters. The summed E-state index contributed by atoms with van der Waals surface area (Å²) >= 11 is 5.14. The summed E-state index contributed by atoms with van der Waals surface area (Å²) in [6.45, 7) is 3.92. The highest BCUT2D eigenvalue weighted by Gasteiger charge is 2.36. The van der Waals surface area contributed by atoms with Gasteiger partial charge in [0.2, 0.25) is 0 Å². The number of hydrogen-bond donors (Lipinski definition) is 0. The highest BCUT2D eigenvalue weighted by molar-refractivity contribution is 7.80. The van der Waals surface area contributed by atoms with E-state index < -0.39 is 17.4 Å². The Balaban J connectivity index is 1.73. The van der Waals surface area contributed by atoms with Crippen LogP contribution >= 0.6 is 12.2 Å². The Morgan fingerprint density at radius 3 is 2.35 bits per heavy atom. The van der Waals surface area contributed by atoms with Crippen LogP contribution in [0.15, 0.2) is 20.9 Å². The summed E-state index contributed by atoms with van der Waals surface area (Å²) in [5, 5.41) is 1.00. The van der Waals surface area contributed by atoms with Crippen LogP contribution in [0.1, 0.15) is 35.1 Å². The van der Waals surface area contributed by atoms with Crippen LogP contribution in [0.25, 0.3) is 17.0 Å². The van der Waals surface area contributed by atoms with E-state index in [0.29, 0.717) is 5.58 Å². The van der Waals surface area contributed by atoms with Crippen LogP contribution in [0.4, 0.5) is 5.69 Å². The summed E-state index contributed by atoms with van der Waals surface area (Å²) in [7, 11) is 3.03. The summed E-state index contributed by atoms with van der Waals surface area (Å²) in [6.07, 6.45) is 5.36. The number of carbonyl (C=O) groups is 2. The molecule has 0 unspecified atom stereocenters. The zero-order valence-electron chi connectivity index (χ0n) is 17.8. The predicted molar refractivity (Wildman–Crippen MR) is 122 cm³/mol. The molecule has 160 valence electrons. The lowest BCUT2D eigenvalue weighted by atomic mass is 9.88. The molecule has 4 heterocycles. The van der Waals surface area contributed by atoms with Gasteiger partial charge in [0.1, 0.15) is 11.2 Å². The minimum Gasteiger partial charge on any atom is -0.422 e. The van der Waals surface area contributed by atoms with Crippen LogP contribution in [0.5, 0.6) is 0 Å². The summed E-state index contributed by atoms with van der Waals surface area (Å²) in [5.41, 5.74) is 4.55. The number of benzene rings is 1. The largest absolute Gasteiger partial charge is 0.422 e. The first-order valence-corrected chi connectivity index (χ1v) is 10.9. The minimum absolute atomic E-state index is 0.0983. The molecule has 2 aromatic rings. The average molecular weight is 438 g/mol. The van der Waals surface area contributed by atoms with Gasteiger partial charge in [0, 0.05) is 43.8 Å². The van der Waals surface area contributed by atoms with E-state index in [0.717, 1.165) is 55.3 Å². The number of anilines is 1. The lowest BCUT2D eigenvalue weighted by Gasteiger charge is -2.37. The first-order chi connectivity index (χ1) is 14.8. The van der Waals surface area contributed by atoms with E-state index in [2.05, 4.69) is 11.0 Å². The topological polar surface area (TPSA) is 74.1 Å². The maximum absolute atomic E-state index is 13.0. The fourth-order valence-corrected chi connectivity index (χ4v) is 5.12. The number of hydrogen-bond acceptors (Lipinski definition) is 6. The molecule has 1 aromatic carbocycles. The van der Waals surface area contributed by atoms with E-state index in [-0.39, 0.29) is 16.2 Å². The van der Waals surface area contributed by atoms with E-state index in [9.17, 15) is 14.4 Å². The summed E-state index contributed by atoms with van der Waals surface area (Å²) < 4.78 is 5.83. The number of fused-ring (bicyclic) bond motifs is 2. The summed E-state index contributed by atoms with van der Waals surface area (Å²) in [5.74, 6) is -1.05. The molecule has 1 aromatic heterocycles. The van der Waals surface area contributed by atoms with Crippen molar-refractivity contribution in [3.8, 4) is 0 Å². The fourth-order valence-electron chi connectivity index (χ4n) is 4.96. The van der Waals surface area contributed by atoms with Crippen molar-refractivity contribution in [1.29, 1.82) is 0 Å². The van der Waals surface area contributed by atoms with Gasteiger partial charge in [-0.05, 0) is 68.1 Å². The molecule has 0 saturated carbocycles. The quantitative estimate of drug-likeness (QED) is 0.295. The second-order valence-corrected chi connectivity index (χ2v) is 8.80. The van der Waals surface area contributed by atoms with Crippen molar-refractivity contribution in [2.24, 2.45) is 0 Å². The SMILES string of the molecule is Cc1c(C=C2C(=O)N(C)C(=S)N(C)C2=O)c(=O)oc2c3c4c(cc12)CCCN4CCC3. The lowest BCUT2D eigenvalue weighted by Crippen LogP contribution is -2.52. The second-order valence-electron chi connectivity index (χ2n) is 8.43. The first kappa shape index (κ1) is 19.9. The standard InChI is InChI=1S/C23H23N3O4S/c1-12-15-10-13-6-4-8-26-9-5-7-14(18(13)26)19(15)30-22(29)16(12)11-17-20(27)24(2)23(31)25(3)21(17)28/h10-11H,4-9H2,1-3H3. The van der Waals surface area contributed by atoms with Crippen molar-refractivity contribution in [3.63, 3.8) is 0 Å². The number of likely N-dealkylation sites (N-methyl/N-ethyl adjacent to an activating group) is 2. The fraction of sp³-hybridized carbons (Fsp3) is 0.391. The van der Waals surface area contributed by atoms with E-state index in [4.69, 9.17) is 16.6 Å². The zero-order valence-corrected chi connectivity index (χ0v) is 18.6. The smallest absolute Gasteiger partial charge is 0.343 e. The van der Waals surface area contributed by atoms with Crippen LogP contribution in [-0.2, 0) is 22.4 Å². The van der Waals surface area contributed by atoms with Gasteiger partial charge >= 0.3 is 5.63 Å². The molecule has 31 heavy (non-hydrogen) atoms. The molecule has 3 aliphatic rings. The maximum atomic E-state index is 13.0. The Bertz CT molecular complexity index is 1250. The number of amides is 2. The molecule has 0 spiro atoms. The average Bonchev–Trinajstić information content (AvgIpc) is 2.77. The third-order valence-corrected chi connectivity index (χ3v) is 7.18. The van der Waals surface area contributed by atoms with Gasteiger partial charge in [0.05, 0.1) is 5.56 Å². The van der Waals surface area contributed by atoms with Gasteiger partial charge in [-0.1, -0.05) is 0 Å². The van der Waals surface area contributed by atoms with Gasteiger partial charge in [-0.3, -0.25) is 19.4 Å². The lowest BCUT2D eigenvalue weighted by molar-refractivity contribution is -0.132. The maximum Gasteiger partial charge on any atom is 0.343 e. The summed E-state index contributed by atoms with van der Waals surface area (Å²) in [4.78, 5) is 43.3. The Morgan fingerprint density at radius 2 is 1.68 bits per heavy atom. The predicted octanol–water partition coefficient (Wildman–Crippen LogP) is 2.40. The number of carbonyl (C=O) groups excluding carboxylic acids is 2. The Morgan fingerprint density at radius 1 is 1.03 bits per heavy atom. The zero-order chi connectivity index (χ0) is 22.0. The van der Waals surface area contributed by atoms with Gasteiger partial charge in [0.15, 0.2) is 5.11 Å². The molecule has 8 heteroatoms. The number of rotatable bonds is 1. The Labute approximate surface area is 184 Å². The normalized spacial score (nSPS) is 18.7. The highest BCUT2D eigenvalue weighted by atomic mass is 32.1. The third kappa shape index (κ3) is 2.85. The van der Waals surface area contributed by atoms with E-state index in [1.54, 1.807) is 0 Å². The second kappa shape index (κ2) is 7.02. The van der Waals surface area contributed by atoms with Crippen molar-refractivity contribution >= 4 is 51.9 Å². The van der Waals surface area contributed by atoms with Crippen molar-refractivity contribution in [2.45, 2.75) is 32.6 Å². The van der Waals surface area contributed by atoms with Crippen molar-refractivity contribution in [3.05, 3.63) is 44.3 Å². The molecule has 0 bridgehead atoms. The van der Waals surface area contributed by atoms with Crippen molar-refractivity contribution < 1.29 is 14.0 Å². The van der Waals surface area contributed by atoms with Gasteiger partial charge in [-0.25, -0.2) is 4.79 Å². The number of thiocarbonyl (C=S) groups is 1. The highest BCUT2D eigenvalue weighted by Crippen LogP contribution is 2.40. The molecule has 1 fully saturated rings. The minimum atomic E-state index is -0.541. The molecule has 7 nitrogen and oxygen atoms in total. The van der Waals surface area contributed by atoms with Crippen LogP contribution in [0.3, 0.4) is 0 Å². The molecule has 0 radical (unpaired) electrons. The molecule has 1 saturated heterocycles. The van der Waals surface area contributed by atoms with E-state index in [1.165, 1.54) is 41.2 Å². The first-order valence-electron chi connectivity index (χ1n) is 10.5.